The first-order valence-corrected chi connectivity index (χ1v) is 8.55. The summed E-state index contributed by atoms with van der Waals surface area (Å²) in [5.74, 6) is 0. The Hall–Kier alpha value is -1.54. The summed E-state index contributed by atoms with van der Waals surface area (Å²) in [6.07, 6.45) is 1.13. The van der Waals surface area contributed by atoms with E-state index in [1.807, 2.05) is 20.8 Å². The van der Waals surface area contributed by atoms with Crippen LogP contribution in [0.4, 0.5) is 4.79 Å². The molecule has 0 atom stereocenters. The minimum Gasteiger partial charge on any atom is -0.444 e. The number of hydrogen-bond donors (Lipinski definition) is 0. The summed E-state index contributed by atoms with van der Waals surface area (Å²) >= 11 is 0. The molecule has 0 N–H and O–H groups in total. The topological polar surface area (TPSA) is 106 Å². The number of ether oxygens (including phenoxy) is 4. The summed E-state index contributed by atoms with van der Waals surface area (Å²) < 4.78 is 21.4. The van der Waals surface area contributed by atoms with Gasteiger partial charge in [0.1, 0.15) is 5.60 Å². The number of rotatable bonds is 14. The first-order valence-electron chi connectivity index (χ1n) is 8.55. The van der Waals surface area contributed by atoms with Crippen molar-refractivity contribution in [3.63, 3.8) is 0 Å². The second-order valence-electron chi connectivity index (χ2n) is 6.40. The zero-order valence-electron chi connectivity index (χ0n) is 15.9. The molecule has 0 radical (unpaired) electrons. The zero-order chi connectivity index (χ0) is 19.0. The quantitative estimate of drug-likeness (QED) is 0.205. The van der Waals surface area contributed by atoms with Crippen LogP contribution < -0.4 is 0 Å². The Kier molecular flexibility index (Phi) is 13.9. The lowest BCUT2D eigenvalue weighted by Gasteiger charge is -2.24. The van der Waals surface area contributed by atoms with Gasteiger partial charge in [0, 0.05) is 38.3 Å². The lowest BCUT2D eigenvalue weighted by molar-refractivity contribution is 0.0109. The molecule has 0 aromatic carbocycles. The predicted octanol–water partition coefficient (Wildman–Crippen LogP) is 2.99. The molecule has 25 heavy (non-hydrogen) atoms. The molecular weight excluding hydrogens is 328 g/mol. The largest absolute Gasteiger partial charge is 0.444 e. The minimum absolute atomic E-state index is 0.324. The Morgan fingerprint density at radius 1 is 1.00 bits per heavy atom. The molecule has 9 heteroatoms. The van der Waals surface area contributed by atoms with Crippen molar-refractivity contribution in [3.05, 3.63) is 10.4 Å². The van der Waals surface area contributed by atoms with E-state index in [2.05, 4.69) is 10.0 Å². The molecule has 0 bridgehead atoms. The minimum atomic E-state index is -0.479. The van der Waals surface area contributed by atoms with Crippen LogP contribution in [-0.4, -0.2) is 76.4 Å². The summed E-state index contributed by atoms with van der Waals surface area (Å²) in [5, 5.41) is 3.41. The summed E-state index contributed by atoms with van der Waals surface area (Å²) in [6, 6.07) is 0. The first-order chi connectivity index (χ1) is 11.9. The average molecular weight is 360 g/mol. The Labute approximate surface area is 150 Å². The van der Waals surface area contributed by atoms with Crippen LogP contribution in [0.1, 0.15) is 33.6 Å². The molecule has 0 fully saturated rings. The van der Waals surface area contributed by atoms with Gasteiger partial charge in [-0.1, -0.05) is 5.11 Å². The Morgan fingerprint density at radius 3 is 2.04 bits per heavy atom. The Balaban J connectivity index is 3.33. The van der Waals surface area contributed by atoms with Crippen LogP contribution in [0.5, 0.6) is 0 Å². The van der Waals surface area contributed by atoms with Gasteiger partial charge >= 0.3 is 6.09 Å². The molecule has 0 aliphatic rings. The monoisotopic (exact) mass is 360 g/mol. The third-order valence-corrected chi connectivity index (χ3v) is 2.84. The van der Waals surface area contributed by atoms with Gasteiger partial charge in [0.25, 0.3) is 0 Å². The molecule has 9 nitrogen and oxygen atoms in total. The second kappa shape index (κ2) is 14.8. The van der Waals surface area contributed by atoms with Crippen LogP contribution in [-0.2, 0) is 18.9 Å². The standard InChI is InChI=1S/C16H32N4O5/c1-16(2,3)25-15(21)20(4)8-6-10-23-12-14-24-13-11-22-9-5-7-18-19-17/h5-14H2,1-4H3. The van der Waals surface area contributed by atoms with Crippen molar-refractivity contribution in [1.82, 2.24) is 4.90 Å². The van der Waals surface area contributed by atoms with E-state index in [0.29, 0.717) is 59.2 Å². The molecule has 0 aromatic heterocycles. The van der Waals surface area contributed by atoms with E-state index in [4.69, 9.17) is 24.5 Å². The van der Waals surface area contributed by atoms with Crippen molar-refractivity contribution in [1.29, 1.82) is 0 Å². The third-order valence-electron chi connectivity index (χ3n) is 2.84. The van der Waals surface area contributed by atoms with E-state index in [1.165, 1.54) is 0 Å². The molecule has 0 saturated carbocycles. The lowest BCUT2D eigenvalue weighted by atomic mass is 10.2. The van der Waals surface area contributed by atoms with E-state index < -0.39 is 5.60 Å². The van der Waals surface area contributed by atoms with Gasteiger partial charge in [-0.15, -0.1) is 0 Å². The molecule has 146 valence electrons. The highest BCUT2D eigenvalue weighted by atomic mass is 16.6. The van der Waals surface area contributed by atoms with E-state index in [0.717, 1.165) is 6.42 Å². The summed E-state index contributed by atoms with van der Waals surface area (Å²) in [4.78, 5) is 15.9. The zero-order valence-corrected chi connectivity index (χ0v) is 15.9. The van der Waals surface area contributed by atoms with Crippen LogP contribution in [0.25, 0.3) is 10.4 Å². The first kappa shape index (κ1) is 23.5. The van der Waals surface area contributed by atoms with Gasteiger partial charge in [-0.3, -0.25) is 0 Å². The molecule has 0 aromatic rings. The second-order valence-corrected chi connectivity index (χ2v) is 6.40. The SMILES string of the molecule is CN(CCCOCCOCCOCCCN=[N+]=[N-])C(=O)OC(C)(C)C. The number of carbonyl (C=O) groups excluding carboxylic acids is 1. The van der Waals surface area contributed by atoms with Crippen molar-refractivity contribution in [3.8, 4) is 0 Å². The van der Waals surface area contributed by atoms with Crippen LogP contribution in [0.3, 0.4) is 0 Å². The molecule has 0 aliphatic carbocycles. The van der Waals surface area contributed by atoms with E-state index in [-0.39, 0.29) is 6.09 Å². The maximum Gasteiger partial charge on any atom is 0.410 e. The Morgan fingerprint density at radius 2 is 1.52 bits per heavy atom. The van der Waals surface area contributed by atoms with Crippen molar-refractivity contribution < 1.29 is 23.7 Å². The highest BCUT2D eigenvalue weighted by Gasteiger charge is 2.18. The Bertz CT molecular complexity index is 394. The average Bonchev–Trinajstić information content (AvgIpc) is 2.53. The number of nitrogens with zero attached hydrogens (tertiary/aromatic N) is 4. The maximum absolute atomic E-state index is 11.7. The molecule has 0 saturated heterocycles. The molecule has 0 rings (SSSR count). The van der Waals surface area contributed by atoms with Crippen molar-refractivity contribution in [2.24, 2.45) is 5.11 Å². The fourth-order valence-electron chi connectivity index (χ4n) is 1.66. The van der Waals surface area contributed by atoms with Crippen molar-refractivity contribution in [2.45, 2.75) is 39.2 Å². The number of carbonyl (C=O) groups is 1. The summed E-state index contributed by atoms with van der Waals surface area (Å²) in [5.41, 5.74) is 7.62. The molecular formula is C16H32N4O5. The van der Waals surface area contributed by atoms with E-state index in [1.54, 1.807) is 11.9 Å². The van der Waals surface area contributed by atoms with Crippen molar-refractivity contribution >= 4 is 6.09 Å². The van der Waals surface area contributed by atoms with Crippen LogP contribution in [0.15, 0.2) is 5.11 Å². The van der Waals surface area contributed by atoms with Crippen LogP contribution in [0.2, 0.25) is 0 Å². The predicted molar refractivity (Wildman–Crippen MR) is 94.6 cm³/mol. The summed E-state index contributed by atoms with van der Waals surface area (Å²) in [7, 11) is 1.71. The van der Waals surface area contributed by atoms with E-state index >= 15 is 0 Å². The van der Waals surface area contributed by atoms with Crippen molar-refractivity contribution in [2.75, 3.05) is 59.8 Å². The number of hydrogen-bond acceptors (Lipinski definition) is 6. The van der Waals surface area contributed by atoms with Gasteiger partial charge in [-0.05, 0) is 39.1 Å². The van der Waals surface area contributed by atoms with Gasteiger partial charge in [-0.25, -0.2) is 4.79 Å². The molecule has 0 unspecified atom stereocenters. The highest BCUT2D eigenvalue weighted by molar-refractivity contribution is 5.67. The van der Waals surface area contributed by atoms with Gasteiger partial charge in [0.15, 0.2) is 0 Å². The molecule has 0 spiro atoms. The van der Waals surface area contributed by atoms with Crippen LogP contribution in [0, 0.1) is 0 Å². The highest BCUT2D eigenvalue weighted by Crippen LogP contribution is 2.09. The molecule has 0 aliphatic heterocycles. The van der Waals surface area contributed by atoms with Gasteiger partial charge in [-0.2, -0.15) is 0 Å². The number of amides is 1. The fraction of sp³-hybridized carbons (Fsp3) is 0.938. The van der Waals surface area contributed by atoms with Gasteiger partial charge < -0.3 is 23.8 Å². The van der Waals surface area contributed by atoms with E-state index in [9.17, 15) is 4.79 Å². The van der Waals surface area contributed by atoms with Gasteiger partial charge in [0.2, 0.25) is 0 Å². The maximum atomic E-state index is 11.7. The summed E-state index contributed by atoms with van der Waals surface area (Å²) in [6.45, 7) is 9.72. The third kappa shape index (κ3) is 17.1. The fourth-order valence-corrected chi connectivity index (χ4v) is 1.66. The lowest BCUT2D eigenvalue weighted by Crippen LogP contribution is -2.35. The van der Waals surface area contributed by atoms with Gasteiger partial charge in [0.05, 0.1) is 26.4 Å². The smallest absolute Gasteiger partial charge is 0.410 e. The molecule has 0 heterocycles. The normalized spacial score (nSPS) is 11.0. The molecule has 1 amide bonds. The van der Waals surface area contributed by atoms with Crippen LogP contribution >= 0.6 is 0 Å². The number of azide groups is 1.